The molecule has 0 unspecified atom stereocenters. The van der Waals surface area contributed by atoms with Crippen molar-refractivity contribution in [1.29, 1.82) is 0 Å². The predicted octanol–water partition coefficient (Wildman–Crippen LogP) is 6.98. The lowest BCUT2D eigenvalue weighted by Gasteiger charge is -2.34. The van der Waals surface area contributed by atoms with Crippen molar-refractivity contribution >= 4 is 36.6 Å². The normalized spacial score (nSPS) is 12.4. The zero-order chi connectivity index (χ0) is 45.5. The maximum atomic E-state index is 13.6. The highest BCUT2D eigenvalue weighted by Gasteiger charge is 2.30. The number of rotatable bonds is 15. The van der Waals surface area contributed by atoms with Crippen LogP contribution in [0.4, 0.5) is 28.8 Å². The molecule has 0 aromatic rings. The van der Waals surface area contributed by atoms with Crippen LogP contribution in [0.2, 0.25) is 0 Å². The molecule has 0 aromatic heterocycles. The van der Waals surface area contributed by atoms with E-state index in [1.165, 1.54) is 19.6 Å². The summed E-state index contributed by atoms with van der Waals surface area (Å²) in [5.41, 5.74) is -4.84. The molecule has 338 valence electrons. The third-order valence-corrected chi connectivity index (χ3v) is 6.63. The first-order valence-corrected chi connectivity index (χ1v) is 19.8. The van der Waals surface area contributed by atoms with Crippen molar-refractivity contribution in [2.45, 2.75) is 158 Å². The second-order valence-corrected chi connectivity index (χ2v) is 19.7. The summed E-state index contributed by atoms with van der Waals surface area (Å²) in [5.74, 6) is 0. The molecule has 0 aromatic carbocycles. The van der Waals surface area contributed by atoms with Crippen LogP contribution in [-0.4, -0.2) is 155 Å². The van der Waals surface area contributed by atoms with Gasteiger partial charge in [-0.3, -0.25) is 0 Å². The fourth-order valence-corrected chi connectivity index (χ4v) is 4.42. The first kappa shape index (κ1) is 53.6. The summed E-state index contributed by atoms with van der Waals surface area (Å²) in [4.78, 5) is 83.9. The van der Waals surface area contributed by atoms with Crippen molar-refractivity contribution in [2.24, 2.45) is 0 Å². The molecule has 0 aliphatic carbocycles. The van der Waals surface area contributed by atoms with E-state index in [1.807, 2.05) is 0 Å². The van der Waals surface area contributed by atoms with Gasteiger partial charge in [0.15, 0.2) is 0 Å². The summed E-state index contributed by atoms with van der Waals surface area (Å²) < 4.78 is 33.3. The maximum Gasteiger partial charge on any atom is 0.410 e. The zero-order valence-corrected chi connectivity index (χ0v) is 38.8. The minimum Gasteiger partial charge on any atom is -0.444 e. The molecule has 0 aliphatic rings. The number of amides is 6. The van der Waals surface area contributed by atoms with Crippen LogP contribution in [0, 0.1) is 0 Å². The van der Waals surface area contributed by atoms with Crippen LogP contribution >= 0.6 is 0 Å². The number of nitrogens with one attached hydrogen (secondary N) is 2. The third kappa shape index (κ3) is 28.1. The van der Waals surface area contributed by atoms with Crippen LogP contribution in [0.5, 0.6) is 0 Å². The molecule has 58 heavy (non-hydrogen) atoms. The monoisotopic (exact) mass is 833 g/mol. The average molecular weight is 833 g/mol. The molecule has 0 aliphatic heterocycles. The third-order valence-electron chi connectivity index (χ3n) is 6.63. The van der Waals surface area contributed by atoms with Crippen LogP contribution in [0.3, 0.4) is 0 Å². The van der Waals surface area contributed by atoms with Gasteiger partial charge in [0, 0.05) is 65.4 Å². The summed E-state index contributed by atoms with van der Waals surface area (Å²) in [5, 5.41) is 5.27. The van der Waals surface area contributed by atoms with Crippen molar-refractivity contribution in [1.82, 2.24) is 30.2 Å². The largest absolute Gasteiger partial charge is 0.444 e. The Hall–Kier alpha value is -4.38. The molecule has 0 heterocycles. The van der Waals surface area contributed by atoms with Crippen molar-refractivity contribution in [2.75, 3.05) is 65.4 Å². The fraction of sp³-hybridized carbons (Fsp3) is 0.850. The maximum absolute atomic E-state index is 13.6. The molecule has 0 saturated heterocycles. The van der Waals surface area contributed by atoms with Crippen molar-refractivity contribution in [3.63, 3.8) is 0 Å². The summed E-state index contributed by atoms with van der Waals surface area (Å²) >= 11 is 0. The minimum atomic E-state index is -0.871. The molecular formula is C40H76N6O12. The van der Waals surface area contributed by atoms with Gasteiger partial charge in [0.1, 0.15) is 33.6 Å². The summed E-state index contributed by atoms with van der Waals surface area (Å²) in [6.45, 7) is 31.0. The van der Waals surface area contributed by atoms with Crippen molar-refractivity contribution < 1.29 is 57.2 Å². The van der Waals surface area contributed by atoms with E-state index in [1.54, 1.807) is 125 Å². The van der Waals surface area contributed by atoms with Gasteiger partial charge in [-0.05, 0) is 125 Å². The van der Waals surface area contributed by atoms with Crippen LogP contribution in [0.25, 0.3) is 0 Å². The Morgan fingerprint density at radius 3 is 0.655 bits per heavy atom. The van der Waals surface area contributed by atoms with E-state index in [9.17, 15) is 28.8 Å². The number of ether oxygens (including phenoxy) is 6. The number of carbonyl (C=O) groups is 6. The lowest BCUT2D eigenvalue weighted by molar-refractivity contribution is 0.00542. The van der Waals surface area contributed by atoms with Gasteiger partial charge in [-0.25, -0.2) is 28.8 Å². The predicted molar refractivity (Wildman–Crippen MR) is 220 cm³/mol. The van der Waals surface area contributed by atoms with Crippen molar-refractivity contribution in [3.05, 3.63) is 0 Å². The van der Waals surface area contributed by atoms with E-state index in [0.29, 0.717) is 0 Å². The van der Waals surface area contributed by atoms with E-state index in [2.05, 4.69) is 10.6 Å². The molecule has 6 amide bonds. The zero-order valence-electron chi connectivity index (χ0n) is 38.8. The first-order chi connectivity index (χ1) is 26.0. The quantitative estimate of drug-likeness (QED) is 0.161. The number of nitrogens with zero attached hydrogens (tertiary/aromatic N) is 4. The van der Waals surface area contributed by atoms with Gasteiger partial charge in [-0.1, -0.05) is 0 Å². The summed E-state index contributed by atoms with van der Waals surface area (Å²) in [6, 6.07) is 0. The molecule has 0 saturated carbocycles. The van der Waals surface area contributed by atoms with Gasteiger partial charge in [0.25, 0.3) is 0 Å². The number of carbonyl (C=O) groups excluding carboxylic acids is 6. The van der Waals surface area contributed by atoms with E-state index in [4.69, 9.17) is 28.4 Å². The second-order valence-electron chi connectivity index (χ2n) is 19.7. The van der Waals surface area contributed by atoms with E-state index in [-0.39, 0.29) is 65.4 Å². The molecule has 18 heteroatoms. The van der Waals surface area contributed by atoms with Crippen LogP contribution in [-0.2, 0) is 28.4 Å². The van der Waals surface area contributed by atoms with Gasteiger partial charge in [-0.2, -0.15) is 0 Å². The Labute approximate surface area is 347 Å². The first-order valence-electron chi connectivity index (χ1n) is 19.8. The molecule has 0 radical (unpaired) electrons. The van der Waals surface area contributed by atoms with Gasteiger partial charge < -0.3 is 58.7 Å². The van der Waals surface area contributed by atoms with Gasteiger partial charge in [0.2, 0.25) is 0 Å². The van der Waals surface area contributed by atoms with Crippen LogP contribution in [0.15, 0.2) is 0 Å². The summed E-state index contributed by atoms with van der Waals surface area (Å²) in [7, 11) is 0. The standard InChI is InChI=1S/C40H76N6O12/c1-35(2,3)53-29(47)41-19-21-43(31(49)55-37(7,8)9)23-25-45(33(51)57-39(13,14)15)27-28-46(34(52)58-40(16,17)18)26-24-44(32(50)56-38(10,11)12)22-20-42-30(48)54-36(4,5)6/h19-28H2,1-18H3,(H,41,47)(H,42,48). The molecule has 18 nitrogen and oxygen atoms in total. The van der Waals surface area contributed by atoms with Crippen LogP contribution < -0.4 is 10.6 Å². The number of hydrogen-bond acceptors (Lipinski definition) is 12. The highest BCUT2D eigenvalue weighted by Crippen LogP contribution is 2.16. The number of alkyl carbamates (subject to hydrolysis) is 2. The van der Waals surface area contributed by atoms with Crippen LogP contribution in [0.1, 0.15) is 125 Å². The molecule has 0 rings (SSSR count). The smallest absolute Gasteiger partial charge is 0.410 e. The number of hydrogen-bond donors (Lipinski definition) is 2. The Kier molecular flexibility index (Phi) is 20.4. The lowest BCUT2D eigenvalue weighted by atomic mass is 10.2. The Bertz CT molecular complexity index is 1250. The van der Waals surface area contributed by atoms with E-state index < -0.39 is 70.2 Å². The molecule has 0 fully saturated rings. The van der Waals surface area contributed by atoms with Gasteiger partial charge >= 0.3 is 36.6 Å². The molecule has 2 N–H and O–H groups in total. The Morgan fingerprint density at radius 2 is 0.483 bits per heavy atom. The average Bonchev–Trinajstić information content (AvgIpc) is 2.94. The second kappa shape index (κ2) is 22.1. The molecular weight excluding hydrogens is 756 g/mol. The highest BCUT2D eigenvalue weighted by molar-refractivity contribution is 5.72. The lowest BCUT2D eigenvalue weighted by Crippen LogP contribution is -2.50. The highest BCUT2D eigenvalue weighted by atomic mass is 16.6. The topological polar surface area (TPSA) is 195 Å². The van der Waals surface area contributed by atoms with E-state index in [0.717, 1.165) is 0 Å². The summed E-state index contributed by atoms with van der Waals surface area (Å²) in [6.07, 6.45) is -4.03. The Balaban J connectivity index is 6.40. The Morgan fingerprint density at radius 1 is 0.310 bits per heavy atom. The molecule has 0 bridgehead atoms. The fourth-order valence-electron chi connectivity index (χ4n) is 4.42. The molecule has 0 spiro atoms. The van der Waals surface area contributed by atoms with E-state index >= 15 is 0 Å². The van der Waals surface area contributed by atoms with Gasteiger partial charge in [-0.15, -0.1) is 0 Å². The molecule has 0 atom stereocenters. The van der Waals surface area contributed by atoms with Gasteiger partial charge in [0.05, 0.1) is 0 Å². The van der Waals surface area contributed by atoms with Crippen molar-refractivity contribution in [3.8, 4) is 0 Å². The SMILES string of the molecule is CC(C)(C)OC(=O)NCCN(CCN(CCN(CCN(CCNC(=O)OC(C)(C)C)C(=O)OC(C)(C)C)C(=O)OC(C)(C)C)C(=O)OC(C)(C)C)C(=O)OC(C)(C)C. The minimum absolute atomic E-state index is 0.0202.